The van der Waals surface area contributed by atoms with E-state index < -0.39 is 17.0 Å². The normalized spacial score (nSPS) is 13.2. The van der Waals surface area contributed by atoms with Crippen molar-refractivity contribution in [3.05, 3.63) is 65.5 Å². The average molecular weight is 328 g/mol. The third-order valence-electron chi connectivity index (χ3n) is 4.33. The lowest BCUT2D eigenvalue weighted by molar-refractivity contribution is 0.435. The highest BCUT2D eigenvalue weighted by Crippen LogP contribution is 2.35. The predicted octanol–water partition coefficient (Wildman–Crippen LogP) is 5.33. The predicted molar refractivity (Wildman–Crippen MR) is 90.3 cm³/mol. The molecule has 2 rings (SSSR count). The summed E-state index contributed by atoms with van der Waals surface area (Å²) in [6.45, 7) is 2.12. The zero-order valence-corrected chi connectivity index (χ0v) is 13.9. The first-order valence-corrected chi connectivity index (χ1v) is 8.38. The molecule has 24 heavy (non-hydrogen) atoms. The number of pyridine rings is 1. The molecule has 0 amide bonds. The first-order valence-electron chi connectivity index (χ1n) is 8.38. The highest BCUT2D eigenvalue weighted by molar-refractivity contribution is 5.36. The van der Waals surface area contributed by atoms with Gasteiger partial charge in [-0.1, -0.05) is 44.7 Å². The number of hydrogen-bond donors (Lipinski definition) is 0. The largest absolute Gasteiger partial charge is 0.261 e. The van der Waals surface area contributed by atoms with Crippen molar-refractivity contribution in [3.8, 4) is 6.07 Å². The van der Waals surface area contributed by atoms with E-state index in [1.807, 2.05) is 12.1 Å². The summed E-state index contributed by atoms with van der Waals surface area (Å²) in [5.41, 5.74) is -0.0355. The van der Waals surface area contributed by atoms with Crippen LogP contribution in [0.15, 0.2) is 42.6 Å². The van der Waals surface area contributed by atoms with E-state index in [1.54, 1.807) is 12.3 Å². The maximum atomic E-state index is 14.4. The van der Waals surface area contributed by atoms with Crippen molar-refractivity contribution >= 4 is 0 Å². The average Bonchev–Trinajstić information content (AvgIpc) is 2.59. The summed E-state index contributed by atoms with van der Waals surface area (Å²) >= 11 is 0. The highest BCUT2D eigenvalue weighted by atomic mass is 19.1. The monoisotopic (exact) mass is 328 g/mol. The molecule has 2 nitrogen and oxygen atoms in total. The molecule has 126 valence electrons. The van der Waals surface area contributed by atoms with Gasteiger partial charge >= 0.3 is 0 Å². The number of benzene rings is 1. The number of hydrogen-bond acceptors (Lipinski definition) is 2. The molecule has 0 fully saturated rings. The van der Waals surface area contributed by atoms with Crippen LogP contribution in [-0.4, -0.2) is 4.98 Å². The van der Waals surface area contributed by atoms with Crippen molar-refractivity contribution in [2.75, 3.05) is 0 Å². The minimum Gasteiger partial charge on any atom is -0.261 e. The third kappa shape index (κ3) is 4.38. The summed E-state index contributed by atoms with van der Waals surface area (Å²) < 4.78 is 27.7. The zero-order chi connectivity index (χ0) is 17.4. The first-order chi connectivity index (χ1) is 11.6. The van der Waals surface area contributed by atoms with E-state index in [0.717, 1.165) is 37.4 Å². The number of rotatable bonds is 8. The molecule has 0 saturated carbocycles. The third-order valence-corrected chi connectivity index (χ3v) is 4.33. The van der Waals surface area contributed by atoms with Gasteiger partial charge in [0.1, 0.15) is 11.6 Å². The molecule has 0 bridgehead atoms. The molecule has 1 heterocycles. The Balaban J connectivity index is 2.36. The standard InChI is InChI=1S/C20H22F2N2/c1-2-3-4-6-11-20(15-23,14-17-8-5-7-12-24-17)18-10-9-16(21)13-19(18)22/h5,7-10,12-13H,2-4,6,11,14H2,1H3. The molecular formula is C20H22F2N2. The number of halogens is 2. The minimum absolute atomic E-state index is 0.258. The molecule has 0 spiro atoms. The van der Waals surface area contributed by atoms with E-state index in [-0.39, 0.29) is 5.56 Å². The van der Waals surface area contributed by atoms with Gasteiger partial charge in [-0.2, -0.15) is 5.26 Å². The van der Waals surface area contributed by atoms with Crippen LogP contribution in [-0.2, 0) is 11.8 Å². The van der Waals surface area contributed by atoms with Gasteiger partial charge in [-0.15, -0.1) is 0 Å². The number of nitrogens with zero attached hydrogens (tertiary/aromatic N) is 2. The van der Waals surface area contributed by atoms with Crippen LogP contribution in [0.1, 0.15) is 50.3 Å². The van der Waals surface area contributed by atoms with Crippen molar-refractivity contribution < 1.29 is 8.78 Å². The Labute approximate surface area is 142 Å². The lowest BCUT2D eigenvalue weighted by Crippen LogP contribution is -2.29. The number of nitriles is 1. The summed E-state index contributed by atoms with van der Waals surface area (Å²) in [4.78, 5) is 4.28. The Kier molecular flexibility index (Phi) is 6.43. The maximum Gasteiger partial charge on any atom is 0.130 e. The fraction of sp³-hybridized carbons (Fsp3) is 0.400. The Morgan fingerprint density at radius 2 is 1.96 bits per heavy atom. The first kappa shape index (κ1) is 18.1. The van der Waals surface area contributed by atoms with Crippen LogP contribution in [0.2, 0.25) is 0 Å². The van der Waals surface area contributed by atoms with Gasteiger partial charge in [-0.25, -0.2) is 8.78 Å². The Morgan fingerprint density at radius 1 is 1.12 bits per heavy atom. The van der Waals surface area contributed by atoms with Crippen molar-refractivity contribution in [2.45, 2.75) is 50.9 Å². The zero-order valence-electron chi connectivity index (χ0n) is 13.9. The second-order valence-electron chi connectivity index (χ2n) is 6.13. The lowest BCUT2D eigenvalue weighted by Gasteiger charge is -2.27. The summed E-state index contributed by atoms with van der Waals surface area (Å²) in [7, 11) is 0. The molecule has 2 aromatic rings. The highest BCUT2D eigenvalue weighted by Gasteiger charge is 2.35. The van der Waals surface area contributed by atoms with Crippen LogP contribution in [0.3, 0.4) is 0 Å². The van der Waals surface area contributed by atoms with E-state index in [9.17, 15) is 14.0 Å². The molecule has 0 aliphatic carbocycles. The second kappa shape index (κ2) is 8.54. The molecule has 0 aliphatic heterocycles. The van der Waals surface area contributed by atoms with Crippen molar-refractivity contribution in [3.63, 3.8) is 0 Å². The quantitative estimate of drug-likeness (QED) is 0.614. The molecule has 4 heteroatoms. The van der Waals surface area contributed by atoms with E-state index in [2.05, 4.69) is 18.0 Å². The summed E-state index contributed by atoms with van der Waals surface area (Å²) in [6.07, 6.45) is 6.49. The smallest absolute Gasteiger partial charge is 0.130 e. The molecule has 1 aromatic heterocycles. The SMILES string of the molecule is CCCCCCC(C#N)(Cc1ccccn1)c1ccc(F)cc1F. The topological polar surface area (TPSA) is 36.7 Å². The van der Waals surface area contributed by atoms with E-state index >= 15 is 0 Å². The van der Waals surface area contributed by atoms with Gasteiger partial charge in [0, 0.05) is 29.9 Å². The van der Waals surface area contributed by atoms with Crippen LogP contribution in [0.25, 0.3) is 0 Å². The van der Waals surface area contributed by atoms with Gasteiger partial charge < -0.3 is 0 Å². The molecule has 0 aliphatic rings. The lowest BCUT2D eigenvalue weighted by atomic mass is 9.73. The van der Waals surface area contributed by atoms with Crippen LogP contribution in [0.5, 0.6) is 0 Å². The number of unbranched alkanes of at least 4 members (excludes halogenated alkanes) is 3. The molecule has 0 N–H and O–H groups in total. The molecular weight excluding hydrogens is 306 g/mol. The molecule has 1 aromatic carbocycles. The van der Waals surface area contributed by atoms with Crippen LogP contribution in [0, 0.1) is 23.0 Å². The van der Waals surface area contributed by atoms with Crippen LogP contribution in [0.4, 0.5) is 8.78 Å². The number of aromatic nitrogens is 1. The summed E-state index contributed by atoms with van der Waals surface area (Å²) in [6, 6.07) is 11.3. The Morgan fingerprint density at radius 3 is 2.58 bits per heavy atom. The maximum absolute atomic E-state index is 14.4. The summed E-state index contributed by atoms with van der Waals surface area (Å²) in [5, 5.41) is 9.90. The molecule has 0 radical (unpaired) electrons. The van der Waals surface area contributed by atoms with Crippen LogP contribution < -0.4 is 0 Å². The van der Waals surface area contributed by atoms with Crippen molar-refractivity contribution in [1.82, 2.24) is 4.98 Å². The van der Waals surface area contributed by atoms with E-state index in [0.29, 0.717) is 12.8 Å². The molecule has 0 saturated heterocycles. The van der Waals surface area contributed by atoms with E-state index in [4.69, 9.17) is 0 Å². The fourth-order valence-electron chi connectivity index (χ4n) is 3.02. The fourth-order valence-corrected chi connectivity index (χ4v) is 3.02. The Hall–Kier alpha value is -2.28. The van der Waals surface area contributed by atoms with Crippen molar-refractivity contribution in [1.29, 1.82) is 5.26 Å². The second-order valence-corrected chi connectivity index (χ2v) is 6.13. The Bertz CT molecular complexity index is 695. The van der Waals surface area contributed by atoms with Crippen LogP contribution >= 0.6 is 0 Å². The summed E-state index contributed by atoms with van der Waals surface area (Å²) in [5.74, 6) is -1.30. The van der Waals surface area contributed by atoms with Gasteiger partial charge in [-0.3, -0.25) is 4.98 Å². The molecule has 1 atom stereocenters. The van der Waals surface area contributed by atoms with Crippen molar-refractivity contribution in [2.24, 2.45) is 0 Å². The van der Waals surface area contributed by atoms with Gasteiger partial charge in [-0.05, 0) is 24.6 Å². The van der Waals surface area contributed by atoms with Gasteiger partial charge in [0.05, 0.1) is 11.5 Å². The minimum atomic E-state index is -1.03. The van der Waals surface area contributed by atoms with Gasteiger partial charge in [0.15, 0.2) is 0 Å². The van der Waals surface area contributed by atoms with E-state index in [1.165, 1.54) is 12.1 Å². The van der Waals surface area contributed by atoms with Gasteiger partial charge in [0.25, 0.3) is 0 Å². The van der Waals surface area contributed by atoms with Gasteiger partial charge in [0.2, 0.25) is 0 Å². The molecule has 1 unspecified atom stereocenters.